The minimum Gasteiger partial charge on any atom is -0.312 e. The summed E-state index contributed by atoms with van der Waals surface area (Å²) in [6, 6.07) is 9.11. The molecule has 1 aromatic carbocycles. The van der Waals surface area contributed by atoms with E-state index in [0.717, 1.165) is 29.9 Å². The molecule has 0 atom stereocenters. The van der Waals surface area contributed by atoms with Crippen molar-refractivity contribution in [2.24, 2.45) is 5.10 Å². The number of benzene rings is 1. The van der Waals surface area contributed by atoms with Gasteiger partial charge in [0.25, 0.3) is 5.56 Å². The molecule has 3 rings (SSSR count). The van der Waals surface area contributed by atoms with Crippen molar-refractivity contribution in [3.8, 4) is 0 Å². The number of aryl methyl sites for hydroxylation is 1. The molecular weight excluding hydrogens is 306 g/mol. The summed E-state index contributed by atoms with van der Waals surface area (Å²) in [6.07, 6.45) is 1.53. The molecule has 1 saturated heterocycles. The number of anilines is 2. The van der Waals surface area contributed by atoms with Gasteiger partial charge in [0.15, 0.2) is 0 Å². The number of nitrogens with zero attached hydrogens (tertiary/aromatic N) is 3. The van der Waals surface area contributed by atoms with Gasteiger partial charge in [-0.05, 0) is 38.0 Å². The number of aromatic nitrogens is 2. The number of nitrogens with one attached hydrogen (secondary N) is 2. The SMILES string of the molecule is C/C(=N/Nc1nc(C)cc(=O)[nH]1)c1ccc(N2CCCC2=O)cc1. The Morgan fingerprint density at radius 2 is 2.04 bits per heavy atom. The van der Waals surface area contributed by atoms with Crippen molar-refractivity contribution in [3.05, 3.63) is 51.9 Å². The van der Waals surface area contributed by atoms with Crippen LogP contribution in [-0.2, 0) is 4.79 Å². The van der Waals surface area contributed by atoms with Gasteiger partial charge in [-0.1, -0.05) is 12.1 Å². The molecule has 0 saturated carbocycles. The number of carbonyl (C=O) groups is 1. The number of carbonyl (C=O) groups excluding carboxylic acids is 1. The predicted octanol–water partition coefficient (Wildman–Crippen LogP) is 2.04. The highest BCUT2D eigenvalue weighted by Crippen LogP contribution is 2.21. The van der Waals surface area contributed by atoms with E-state index in [-0.39, 0.29) is 11.5 Å². The van der Waals surface area contributed by atoms with E-state index in [2.05, 4.69) is 20.5 Å². The molecule has 0 bridgehead atoms. The van der Waals surface area contributed by atoms with Crippen LogP contribution in [0, 0.1) is 6.92 Å². The van der Waals surface area contributed by atoms with Gasteiger partial charge in [0.1, 0.15) is 0 Å². The summed E-state index contributed by atoms with van der Waals surface area (Å²) in [5, 5.41) is 4.24. The van der Waals surface area contributed by atoms with Gasteiger partial charge < -0.3 is 4.90 Å². The summed E-state index contributed by atoms with van der Waals surface area (Å²) >= 11 is 0. The fraction of sp³-hybridized carbons (Fsp3) is 0.294. The van der Waals surface area contributed by atoms with Crippen molar-refractivity contribution in [2.45, 2.75) is 26.7 Å². The molecule has 1 aromatic heterocycles. The summed E-state index contributed by atoms with van der Waals surface area (Å²) in [4.78, 5) is 31.7. The lowest BCUT2D eigenvalue weighted by Gasteiger charge is -2.15. The first-order valence-corrected chi connectivity index (χ1v) is 7.82. The van der Waals surface area contributed by atoms with Crippen molar-refractivity contribution in [1.82, 2.24) is 9.97 Å². The van der Waals surface area contributed by atoms with E-state index in [9.17, 15) is 9.59 Å². The number of hydrazone groups is 1. The highest BCUT2D eigenvalue weighted by Gasteiger charge is 2.21. The lowest BCUT2D eigenvalue weighted by atomic mass is 10.1. The van der Waals surface area contributed by atoms with Crippen molar-refractivity contribution < 1.29 is 4.79 Å². The van der Waals surface area contributed by atoms with Crippen LogP contribution in [0.3, 0.4) is 0 Å². The predicted molar refractivity (Wildman–Crippen MR) is 93.5 cm³/mol. The average molecular weight is 325 g/mol. The lowest BCUT2D eigenvalue weighted by molar-refractivity contribution is -0.117. The second-order valence-corrected chi connectivity index (χ2v) is 5.74. The summed E-state index contributed by atoms with van der Waals surface area (Å²) in [6.45, 7) is 4.38. The molecule has 0 spiro atoms. The molecule has 7 heteroatoms. The number of H-pyrrole nitrogens is 1. The molecule has 2 aromatic rings. The van der Waals surface area contributed by atoms with Crippen LogP contribution in [0.1, 0.15) is 31.0 Å². The quantitative estimate of drug-likeness (QED) is 0.665. The number of hydrogen-bond donors (Lipinski definition) is 2. The molecular formula is C17H19N5O2. The van der Waals surface area contributed by atoms with E-state index in [1.807, 2.05) is 31.2 Å². The maximum atomic E-state index is 11.8. The van der Waals surface area contributed by atoms with E-state index < -0.39 is 0 Å². The average Bonchev–Trinajstić information content (AvgIpc) is 2.98. The Morgan fingerprint density at radius 3 is 2.67 bits per heavy atom. The Hall–Kier alpha value is -2.96. The van der Waals surface area contributed by atoms with E-state index in [1.165, 1.54) is 6.07 Å². The second kappa shape index (κ2) is 6.66. The van der Waals surface area contributed by atoms with Crippen LogP contribution in [0.5, 0.6) is 0 Å². The van der Waals surface area contributed by atoms with Gasteiger partial charge in [-0.2, -0.15) is 5.10 Å². The van der Waals surface area contributed by atoms with Gasteiger partial charge in [-0.3, -0.25) is 14.6 Å². The number of rotatable bonds is 4. The topological polar surface area (TPSA) is 90.4 Å². The second-order valence-electron chi connectivity index (χ2n) is 5.74. The Bertz CT molecular complexity index is 839. The van der Waals surface area contributed by atoms with Crippen LogP contribution in [0.25, 0.3) is 0 Å². The van der Waals surface area contributed by atoms with Crippen molar-refractivity contribution >= 4 is 23.3 Å². The lowest BCUT2D eigenvalue weighted by Crippen LogP contribution is -2.23. The van der Waals surface area contributed by atoms with Gasteiger partial charge >= 0.3 is 0 Å². The Morgan fingerprint density at radius 1 is 1.29 bits per heavy atom. The zero-order valence-corrected chi connectivity index (χ0v) is 13.7. The standard InChI is InChI=1S/C17H19N5O2/c1-11-10-15(23)19-17(18-11)21-20-12(2)13-5-7-14(8-6-13)22-9-3-4-16(22)24/h5-8,10H,3-4,9H2,1-2H3,(H2,18,19,21,23)/b20-12-. The Kier molecular flexibility index (Phi) is 4.41. The van der Waals surface area contributed by atoms with Gasteiger partial charge in [-0.25, -0.2) is 10.4 Å². The molecule has 1 aliphatic heterocycles. The van der Waals surface area contributed by atoms with E-state index in [4.69, 9.17) is 0 Å². The van der Waals surface area contributed by atoms with E-state index in [0.29, 0.717) is 18.1 Å². The number of amides is 1. The Balaban J connectivity index is 1.73. The summed E-state index contributed by atoms with van der Waals surface area (Å²) in [5.74, 6) is 0.475. The van der Waals surface area contributed by atoms with Crippen molar-refractivity contribution in [3.63, 3.8) is 0 Å². The molecule has 1 fully saturated rings. The smallest absolute Gasteiger partial charge is 0.252 e. The molecule has 124 valence electrons. The minimum absolute atomic E-state index is 0.171. The van der Waals surface area contributed by atoms with Gasteiger partial charge in [0.2, 0.25) is 11.9 Å². The molecule has 2 N–H and O–H groups in total. The first-order chi connectivity index (χ1) is 11.5. The fourth-order valence-electron chi connectivity index (χ4n) is 2.64. The molecule has 2 heterocycles. The largest absolute Gasteiger partial charge is 0.312 e. The first kappa shape index (κ1) is 15.9. The molecule has 0 radical (unpaired) electrons. The summed E-state index contributed by atoms with van der Waals surface area (Å²) in [5.41, 5.74) is 5.73. The van der Waals surface area contributed by atoms with Crippen molar-refractivity contribution in [1.29, 1.82) is 0 Å². The Labute approximate surface area is 139 Å². The van der Waals surface area contributed by atoms with Gasteiger partial charge in [0, 0.05) is 30.4 Å². The fourth-order valence-corrected chi connectivity index (χ4v) is 2.64. The van der Waals surface area contributed by atoms with E-state index in [1.54, 1.807) is 11.8 Å². The molecule has 0 unspecified atom stereocenters. The third kappa shape index (κ3) is 3.51. The molecule has 1 aliphatic rings. The van der Waals surface area contributed by atoms with Crippen LogP contribution in [-0.4, -0.2) is 28.1 Å². The number of hydrogen-bond acceptors (Lipinski definition) is 5. The highest BCUT2D eigenvalue weighted by atomic mass is 16.2. The molecule has 1 amide bonds. The first-order valence-electron chi connectivity index (χ1n) is 7.82. The molecule has 7 nitrogen and oxygen atoms in total. The van der Waals surface area contributed by atoms with Gasteiger partial charge in [-0.15, -0.1) is 0 Å². The highest BCUT2D eigenvalue weighted by molar-refractivity contribution is 6.00. The summed E-state index contributed by atoms with van der Waals surface area (Å²) < 4.78 is 0. The summed E-state index contributed by atoms with van der Waals surface area (Å²) in [7, 11) is 0. The third-order valence-electron chi connectivity index (χ3n) is 3.87. The molecule has 0 aliphatic carbocycles. The van der Waals surface area contributed by atoms with Crippen LogP contribution in [0.2, 0.25) is 0 Å². The van der Waals surface area contributed by atoms with Crippen LogP contribution in [0.15, 0.2) is 40.2 Å². The van der Waals surface area contributed by atoms with Gasteiger partial charge in [0.05, 0.1) is 5.71 Å². The normalized spacial score (nSPS) is 15.0. The van der Waals surface area contributed by atoms with Crippen LogP contribution >= 0.6 is 0 Å². The maximum absolute atomic E-state index is 11.8. The third-order valence-corrected chi connectivity index (χ3v) is 3.87. The number of aromatic amines is 1. The molecule has 24 heavy (non-hydrogen) atoms. The van der Waals surface area contributed by atoms with Crippen molar-refractivity contribution in [2.75, 3.05) is 16.9 Å². The maximum Gasteiger partial charge on any atom is 0.252 e. The zero-order valence-electron chi connectivity index (χ0n) is 13.7. The van der Waals surface area contributed by atoms with Crippen LogP contribution in [0.4, 0.5) is 11.6 Å². The monoisotopic (exact) mass is 325 g/mol. The van der Waals surface area contributed by atoms with E-state index >= 15 is 0 Å². The van der Waals surface area contributed by atoms with Crippen LogP contribution < -0.4 is 15.9 Å². The minimum atomic E-state index is -0.225. The zero-order chi connectivity index (χ0) is 17.1.